The molecule has 1 aromatic carbocycles. The second-order valence-corrected chi connectivity index (χ2v) is 11.8. The maximum Gasteiger partial charge on any atom is 0.291 e. The molecular weight excluding hydrogens is 462 g/mol. The lowest BCUT2D eigenvalue weighted by atomic mass is 9.54. The first-order valence-electron chi connectivity index (χ1n) is 13.1. The fourth-order valence-corrected chi connectivity index (χ4v) is 7.88. The van der Waals surface area contributed by atoms with Crippen molar-refractivity contribution >= 4 is 23.6 Å². The van der Waals surface area contributed by atoms with Gasteiger partial charge in [0.2, 0.25) is 5.76 Å². The molecule has 5 aliphatic rings. The highest BCUT2D eigenvalue weighted by Gasteiger charge is 2.49. The molecule has 5 fully saturated rings. The third-order valence-electron chi connectivity index (χ3n) is 8.36. The van der Waals surface area contributed by atoms with Gasteiger partial charge < -0.3 is 19.5 Å². The lowest BCUT2D eigenvalue weighted by Gasteiger charge is -2.54. The third kappa shape index (κ3) is 4.82. The Bertz CT molecular complexity index is 1040. The number of benzene rings is 1. The van der Waals surface area contributed by atoms with E-state index in [2.05, 4.69) is 10.5 Å². The molecule has 1 N–H and O–H groups in total. The number of rotatable bonds is 7. The zero-order chi connectivity index (χ0) is 23.8. The van der Waals surface area contributed by atoms with Crippen LogP contribution in [-0.4, -0.2) is 47.6 Å². The van der Waals surface area contributed by atoms with Crippen molar-refractivity contribution in [3.63, 3.8) is 0 Å². The van der Waals surface area contributed by atoms with E-state index in [0.29, 0.717) is 16.7 Å². The summed E-state index contributed by atoms with van der Waals surface area (Å²) in [5, 5.41) is 7.40. The predicted molar refractivity (Wildman–Crippen MR) is 131 cm³/mol. The summed E-state index contributed by atoms with van der Waals surface area (Å²) in [6, 6.07) is 10.0. The van der Waals surface area contributed by atoms with Crippen LogP contribution in [0.25, 0.3) is 0 Å². The second-order valence-electron chi connectivity index (χ2n) is 10.7. The fourth-order valence-electron chi connectivity index (χ4n) is 6.94. The van der Waals surface area contributed by atoms with Gasteiger partial charge >= 0.3 is 0 Å². The molecule has 2 amide bonds. The predicted octanol–water partition coefficient (Wildman–Crippen LogP) is 4.77. The first-order chi connectivity index (χ1) is 17.1. The summed E-state index contributed by atoms with van der Waals surface area (Å²) < 4.78 is 11.4. The molecule has 4 bridgehead atoms. The Balaban J connectivity index is 1.19. The average molecular weight is 496 g/mol. The Kier molecular flexibility index (Phi) is 6.48. The van der Waals surface area contributed by atoms with Crippen LogP contribution in [0.3, 0.4) is 0 Å². The summed E-state index contributed by atoms with van der Waals surface area (Å²) in [5.74, 6) is 2.93. The normalized spacial score (nSPS) is 29.3. The molecule has 186 valence electrons. The Labute approximate surface area is 210 Å². The Hall–Kier alpha value is -2.48. The van der Waals surface area contributed by atoms with E-state index in [1.54, 1.807) is 0 Å². The molecule has 1 aliphatic heterocycles. The van der Waals surface area contributed by atoms with E-state index in [0.717, 1.165) is 49.1 Å². The molecule has 2 heterocycles. The summed E-state index contributed by atoms with van der Waals surface area (Å²) >= 11 is 1.39. The number of nitrogens with zero attached hydrogens (tertiary/aromatic N) is 2. The largest absolute Gasteiger partial charge is 0.465 e. The van der Waals surface area contributed by atoms with Gasteiger partial charge in [0.15, 0.2) is 6.61 Å². The smallest absolute Gasteiger partial charge is 0.291 e. The van der Waals surface area contributed by atoms with E-state index in [1.165, 1.54) is 43.9 Å². The summed E-state index contributed by atoms with van der Waals surface area (Å²) in [6.07, 6.45) is 9.51. The maximum absolute atomic E-state index is 13.5. The van der Waals surface area contributed by atoms with E-state index in [4.69, 9.17) is 9.26 Å². The topological polar surface area (TPSA) is 84.7 Å². The van der Waals surface area contributed by atoms with Gasteiger partial charge in [-0.25, -0.2) is 0 Å². The first-order valence-corrected chi connectivity index (χ1v) is 13.9. The van der Waals surface area contributed by atoms with Crippen molar-refractivity contribution in [2.75, 3.05) is 19.7 Å². The van der Waals surface area contributed by atoms with E-state index in [9.17, 15) is 9.59 Å². The van der Waals surface area contributed by atoms with Gasteiger partial charge in [0.25, 0.3) is 17.7 Å². The number of carbonyl (C=O) groups is 2. The fraction of sp³-hybridized carbons (Fsp3) is 0.593. The summed E-state index contributed by atoms with van der Waals surface area (Å²) in [4.78, 5) is 29.4. The third-order valence-corrected chi connectivity index (χ3v) is 9.43. The number of piperidine rings is 1. The number of aromatic nitrogens is 1. The number of hydrogen-bond acceptors (Lipinski definition) is 6. The summed E-state index contributed by atoms with van der Waals surface area (Å²) in [6.45, 7) is 1.43. The molecule has 0 unspecified atom stereocenters. The van der Waals surface area contributed by atoms with Gasteiger partial charge in [-0.15, -0.1) is 0 Å². The van der Waals surface area contributed by atoms with Crippen LogP contribution < -0.4 is 10.1 Å². The Morgan fingerprint density at radius 2 is 1.69 bits per heavy atom. The van der Waals surface area contributed by atoms with Crippen LogP contribution in [0.5, 0.6) is 5.88 Å². The number of carbonyl (C=O) groups excluding carboxylic acids is 2. The summed E-state index contributed by atoms with van der Waals surface area (Å²) in [5.41, 5.74) is 0. The molecule has 4 saturated carbocycles. The minimum Gasteiger partial charge on any atom is -0.465 e. The van der Waals surface area contributed by atoms with Crippen LogP contribution in [0.1, 0.15) is 61.9 Å². The molecule has 2 aromatic rings. The SMILES string of the molecule is O=C(NC1C2CC3CC(C2)CC1C3)c1onc(OCC(=O)N2CCCCC2)c1Sc1ccccc1. The Morgan fingerprint density at radius 1 is 1.00 bits per heavy atom. The van der Waals surface area contributed by atoms with Crippen molar-refractivity contribution in [2.45, 2.75) is 67.2 Å². The highest BCUT2D eigenvalue weighted by molar-refractivity contribution is 7.99. The number of ether oxygens (including phenoxy) is 1. The lowest BCUT2D eigenvalue weighted by Crippen LogP contribution is -2.55. The number of hydrogen-bond donors (Lipinski definition) is 1. The molecule has 0 radical (unpaired) electrons. The molecule has 7 nitrogen and oxygen atoms in total. The van der Waals surface area contributed by atoms with Crippen LogP contribution >= 0.6 is 11.8 Å². The Morgan fingerprint density at radius 3 is 2.37 bits per heavy atom. The van der Waals surface area contributed by atoms with Crippen LogP contribution in [0.15, 0.2) is 44.6 Å². The van der Waals surface area contributed by atoms with E-state index >= 15 is 0 Å². The minimum absolute atomic E-state index is 0.0528. The van der Waals surface area contributed by atoms with Gasteiger partial charge in [-0.05, 0) is 92.3 Å². The zero-order valence-electron chi connectivity index (χ0n) is 20.0. The first kappa shape index (κ1) is 23.0. The molecule has 4 aliphatic carbocycles. The average Bonchev–Trinajstić information content (AvgIpc) is 3.27. The van der Waals surface area contributed by atoms with Crippen molar-refractivity contribution in [3.05, 3.63) is 36.1 Å². The summed E-state index contributed by atoms with van der Waals surface area (Å²) in [7, 11) is 0. The molecular formula is C27H33N3O4S. The molecule has 7 rings (SSSR count). The zero-order valence-corrected chi connectivity index (χ0v) is 20.8. The molecule has 8 heteroatoms. The van der Waals surface area contributed by atoms with Gasteiger partial charge in [0.1, 0.15) is 4.90 Å². The second kappa shape index (κ2) is 9.88. The number of amides is 2. The van der Waals surface area contributed by atoms with Crippen molar-refractivity contribution in [1.82, 2.24) is 15.4 Å². The van der Waals surface area contributed by atoms with Gasteiger partial charge in [-0.2, -0.15) is 0 Å². The quantitative estimate of drug-likeness (QED) is 0.596. The maximum atomic E-state index is 13.5. The van der Waals surface area contributed by atoms with Crippen molar-refractivity contribution in [1.29, 1.82) is 0 Å². The van der Waals surface area contributed by atoms with Gasteiger partial charge in [-0.3, -0.25) is 9.59 Å². The van der Waals surface area contributed by atoms with Crippen molar-refractivity contribution in [3.8, 4) is 5.88 Å². The van der Waals surface area contributed by atoms with Gasteiger partial charge in [0, 0.05) is 24.0 Å². The molecule has 0 spiro atoms. The number of nitrogens with one attached hydrogen (secondary N) is 1. The highest BCUT2D eigenvalue weighted by atomic mass is 32.2. The standard InChI is InChI=1S/C27H33N3O4S/c31-22(30-9-5-2-6-10-30)16-33-27-25(35-21-7-3-1-4-8-21)24(34-29-27)26(32)28-23-19-12-17-11-18(14-19)15-20(23)13-17/h1,3-4,7-8,17-20,23H,2,5-6,9-16H2,(H,28,32). The van der Waals surface area contributed by atoms with Crippen LogP contribution in [0.2, 0.25) is 0 Å². The molecule has 1 saturated heterocycles. The minimum atomic E-state index is -0.231. The highest BCUT2D eigenvalue weighted by Crippen LogP contribution is 2.53. The molecule has 0 atom stereocenters. The number of likely N-dealkylation sites (tertiary alicyclic amines) is 1. The van der Waals surface area contributed by atoms with E-state index in [1.807, 2.05) is 35.2 Å². The van der Waals surface area contributed by atoms with Gasteiger partial charge in [0.05, 0.1) is 0 Å². The van der Waals surface area contributed by atoms with E-state index < -0.39 is 0 Å². The molecule has 35 heavy (non-hydrogen) atoms. The van der Waals surface area contributed by atoms with Crippen LogP contribution in [-0.2, 0) is 4.79 Å². The van der Waals surface area contributed by atoms with Crippen molar-refractivity contribution in [2.24, 2.45) is 23.7 Å². The monoisotopic (exact) mass is 495 g/mol. The lowest BCUT2D eigenvalue weighted by molar-refractivity contribution is -0.134. The van der Waals surface area contributed by atoms with Crippen LogP contribution in [0.4, 0.5) is 0 Å². The van der Waals surface area contributed by atoms with Gasteiger partial charge in [-0.1, -0.05) is 30.0 Å². The van der Waals surface area contributed by atoms with E-state index in [-0.39, 0.29) is 36.1 Å². The van der Waals surface area contributed by atoms with Crippen LogP contribution in [0, 0.1) is 23.7 Å². The van der Waals surface area contributed by atoms with Crippen molar-refractivity contribution < 1.29 is 18.8 Å². The molecule has 1 aromatic heterocycles.